The fourth-order valence-electron chi connectivity index (χ4n) is 4.99. The van der Waals surface area contributed by atoms with E-state index in [0.29, 0.717) is 13.1 Å². The summed E-state index contributed by atoms with van der Waals surface area (Å²) in [7, 11) is 1.95. The predicted octanol–water partition coefficient (Wildman–Crippen LogP) is 1.08. The average Bonchev–Trinajstić information content (AvgIpc) is 3.55. The van der Waals surface area contributed by atoms with Gasteiger partial charge in [-0.2, -0.15) is 0 Å². The highest BCUT2D eigenvalue weighted by Crippen LogP contribution is 2.33. The Labute approximate surface area is 206 Å². The Morgan fingerprint density at radius 1 is 1.26 bits per heavy atom. The molecule has 6 N–H and O–H groups in total. The van der Waals surface area contributed by atoms with E-state index >= 15 is 0 Å². The van der Waals surface area contributed by atoms with Crippen molar-refractivity contribution < 1.29 is 14.6 Å². The van der Waals surface area contributed by atoms with Gasteiger partial charge in [-0.15, -0.1) is 0 Å². The zero-order chi connectivity index (χ0) is 24.6. The number of nitrogens with zero attached hydrogens (tertiary/aromatic N) is 2. The highest BCUT2D eigenvalue weighted by atomic mass is 19.1. The third-order valence-corrected chi connectivity index (χ3v) is 6.68. The number of hydrogen-bond donors (Lipinski definition) is 6. The van der Waals surface area contributed by atoms with Crippen molar-refractivity contribution in [3.8, 4) is 0 Å². The van der Waals surface area contributed by atoms with E-state index in [-0.39, 0.29) is 43.4 Å². The zero-order valence-electron chi connectivity index (χ0n) is 20.2. The fourth-order valence-corrected chi connectivity index (χ4v) is 4.99. The van der Waals surface area contributed by atoms with Gasteiger partial charge in [-0.25, -0.2) is 4.39 Å². The van der Waals surface area contributed by atoms with Crippen LogP contribution in [0.2, 0.25) is 0 Å². The first-order valence-electron chi connectivity index (χ1n) is 12.3. The molecule has 0 bridgehead atoms. The molecule has 0 amide bonds. The molecule has 1 fully saturated rings. The van der Waals surface area contributed by atoms with E-state index in [2.05, 4.69) is 44.4 Å². The predicted molar refractivity (Wildman–Crippen MR) is 135 cm³/mol. The van der Waals surface area contributed by atoms with Crippen molar-refractivity contribution in [2.75, 3.05) is 39.9 Å². The molecule has 0 radical (unpaired) electrons. The molecule has 4 rings (SSSR count). The first kappa shape index (κ1) is 25.2. The lowest BCUT2D eigenvalue weighted by molar-refractivity contribution is 0.180. The molecule has 1 saturated heterocycles. The van der Waals surface area contributed by atoms with Crippen molar-refractivity contribution in [1.82, 2.24) is 31.1 Å². The maximum atomic E-state index is 13.8. The van der Waals surface area contributed by atoms with Crippen molar-refractivity contribution >= 4 is 0 Å². The first-order valence-corrected chi connectivity index (χ1v) is 12.3. The fraction of sp³-hybridized carbons (Fsp3) is 0.462. The van der Waals surface area contributed by atoms with Gasteiger partial charge in [-0.1, -0.05) is 30.4 Å². The Kier molecular flexibility index (Phi) is 8.81. The lowest BCUT2D eigenvalue weighted by atomic mass is 10.0. The number of rotatable bonds is 11. The molecule has 0 aliphatic carbocycles. The number of aliphatic hydroxyl groups is 2. The third-order valence-electron chi connectivity index (χ3n) is 6.68. The van der Waals surface area contributed by atoms with Gasteiger partial charge < -0.3 is 36.4 Å². The van der Waals surface area contributed by atoms with Crippen LogP contribution < -0.4 is 21.3 Å². The molecule has 0 saturated carbocycles. The maximum absolute atomic E-state index is 13.8. The van der Waals surface area contributed by atoms with E-state index in [4.69, 9.17) is 0 Å². The zero-order valence-corrected chi connectivity index (χ0v) is 20.2. The number of halogens is 1. The lowest BCUT2D eigenvalue weighted by Gasteiger charge is -2.32. The van der Waals surface area contributed by atoms with Crippen LogP contribution in [0.4, 0.5) is 4.39 Å². The van der Waals surface area contributed by atoms with Crippen LogP contribution in [0.3, 0.4) is 0 Å². The van der Waals surface area contributed by atoms with Gasteiger partial charge in [0.05, 0.1) is 31.1 Å². The van der Waals surface area contributed by atoms with Crippen LogP contribution in [-0.2, 0) is 0 Å². The number of aliphatic hydroxyl groups excluding tert-OH is 2. The number of benzene rings is 1. The number of hydrogen-bond acceptors (Lipinski definition) is 8. The van der Waals surface area contributed by atoms with Crippen LogP contribution >= 0.6 is 0 Å². The highest BCUT2D eigenvalue weighted by Gasteiger charge is 2.30. The van der Waals surface area contributed by atoms with Crippen molar-refractivity contribution in [3.05, 3.63) is 83.7 Å². The Bertz CT molecular complexity index is 959. The summed E-state index contributed by atoms with van der Waals surface area (Å²) in [5.41, 5.74) is 2.03. The molecule has 3 heterocycles. The third kappa shape index (κ3) is 6.24. The molecular weight excluding hydrogens is 447 g/mol. The van der Waals surface area contributed by atoms with Crippen LogP contribution in [0.15, 0.2) is 72.4 Å². The number of dihydropyridines is 1. The molecule has 35 heavy (non-hydrogen) atoms. The SMILES string of the molecule is CNC(/C=C\C1NC=C(C2C=CC=C(N(CCO)CCO)N2)N1)N1CCCC1c1cccc(F)c1. The van der Waals surface area contributed by atoms with Crippen LogP contribution in [0.5, 0.6) is 0 Å². The minimum absolute atomic E-state index is 0.0203. The van der Waals surface area contributed by atoms with Crippen LogP contribution in [-0.4, -0.2) is 78.3 Å². The molecule has 1 aromatic rings. The van der Waals surface area contributed by atoms with E-state index in [1.54, 1.807) is 12.1 Å². The summed E-state index contributed by atoms with van der Waals surface area (Å²) < 4.78 is 13.8. The van der Waals surface area contributed by atoms with Gasteiger partial charge in [-0.3, -0.25) is 4.90 Å². The largest absolute Gasteiger partial charge is 0.395 e. The first-order chi connectivity index (χ1) is 17.1. The van der Waals surface area contributed by atoms with Crippen LogP contribution in [0, 0.1) is 5.82 Å². The summed E-state index contributed by atoms with van der Waals surface area (Å²) in [6.07, 6.45) is 14.3. The van der Waals surface area contributed by atoms with E-state index in [9.17, 15) is 14.6 Å². The molecule has 8 nitrogen and oxygen atoms in total. The summed E-state index contributed by atoms with van der Waals surface area (Å²) in [6, 6.07) is 7.07. The van der Waals surface area contributed by atoms with E-state index in [1.165, 1.54) is 6.07 Å². The Balaban J connectivity index is 1.34. The van der Waals surface area contributed by atoms with Gasteiger partial charge in [0.25, 0.3) is 0 Å². The number of nitrogens with one attached hydrogen (secondary N) is 4. The normalized spacial score (nSPS) is 25.1. The Morgan fingerprint density at radius 3 is 2.83 bits per heavy atom. The standard InChI is InChI=1S/C26H37FN6O2/c1-28-25(33-12-4-8-23(33)19-5-2-6-20(27)17-19)11-10-24-29-18-22(30-24)21-7-3-9-26(31-21)32(13-15-34)14-16-35/h2-3,5-7,9-11,17-18,21,23-25,28-31,34-35H,4,8,12-16H2,1H3/b11-10-. The van der Waals surface area contributed by atoms with Gasteiger partial charge in [0, 0.05) is 31.9 Å². The number of allylic oxidation sites excluding steroid dienone is 2. The summed E-state index contributed by atoms with van der Waals surface area (Å²) >= 11 is 0. The van der Waals surface area contributed by atoms with Gasteiger partial charge in [0.1, 0.15) is 17.8 Å². The van der Waals surface area contributed by atoms with E-state index in [1.807, 2.05) is 36.4 Å². The van der Waals surface area contributed by atoms with E-state index < -0.39 is 0 Å². The molecule has 4 atom stereocenters. The molecule has 3 aliphatic heterocycles. The number of likely N-dealkylation sites (N-methyl/N-ethyl adjacent to an activating group) is 1. The molecule has 9 heteroatoms. The second-order valence-electron chi connectivity index (χ2n) is 8.95. The van der Waals surface area contributed by atoms with Gasteiger partial charge in [-0.05, 0) is 49.7 Å². The second-order valence-corrected chi connectivity index (χ2v) is 8.95. The van der Waals surface area contributed by atoms with Gasteiger partial charge in [0.15, 0.2) is 0 Å². The quantitative estimate of drug-likeness (QED) is 0.260. The average molecular weight is 485 g/mol. The summed E-state index contributed by atoms with van der Waals surface area (Å²) in [5.74, 6) is 0.679. The van der Waals surface area contributed by atoms with Crippen molar-refractivity contribution in [2.24, 2.45) is 0 Å². The van der Waals surface area contributed by atoms with Gasteiger partial charge >= 0.3 is 0 Å². The molecule has 1 aromatic carbocycles. The van der Waals surface area contributed by atoms with E-state index in [0.717, 1.165) is 36.5 Å². The molecule has 0 spiro atoms. The Morgan fingerprint density at radius 2 is 2.09 bits per heavy atom. The monoisotopic (exact) mass is 484 g/mol. The second kappa shape index (κ2) is 12.2. The van der Waals surface area contributed by atoms with Crippen molar-refractivity contribution in [2.45, 2.75) is 37.3 Å². The summed E-state index contributed by atoms with van der Waals surface area (Å²) in [4.78, 5) is 4.31. The molecule has 0 aromatic heterocycles. The Hall–Kier alpha value is -2.85. The van der Waals surface area contributed by atoms with Crippen molar-refractivity contribution in [1.29, 1.82) is 0 Å². The molecule has 4 unspecified atom stereocenters. The van der Waals surface area contributed by atoms with Crippen molar-refractivity contribution in [3.63, 3.8) is 0 Å². The summed E-state index contributed by atoms with van der Waals surface area (Å²) in [5, 5.41) is 32.4. The van der Waals surface area contributed by atoms with Crippen LogP contribution in [0.1, 0.15) is 24.4 Å². The van der Waals surface area contributed by atoms with Gasteiger partial charge in [0.2, 0.25) is 0 Å². The molecule has 190 valence electrons. The smallest absolute Gasteiger partial charge is 0.123 e. The minimum atomic E-state index is -0.192. The summed E-state index contributed by atoms with van der Waals surface area (Å²) in [6.45, 7) is 1.90. The van der Waals surface area contributed by atoms with Crippen LogP contribution in [0.25, 0.3) is 0 Å². The topological polar surface area (TPSA) is 95.1 Å². The highest BCUT2D eigenvalue weighted by molar-refractivity contribution is 5.30. The number of likely N-dealkylation sites (tertiary alicyclic amines) is 1. The molecular formula is C26H37FN6O2. The lowest BCUT2D eigenvalue weighted by Crippen LogP contribution is -2.44. The molecule has 3 aliphatic rings. The maximum Gasteiger partial charge on any atom is 0.123 e. The minimum Gasteiger partial charge on any atom is -0.395 e.